The molecule has 0 heterocycles. The smallest absolute Gasteiger partial charge is 0.165 e. The maximum absolute atomic E-state index is 14.7. The number of fused-ring (bicyclic) bond motifs is 1. The van der Waals surface area contributed by atoms with Crippen LogP contribution in [0.15, 0.2) is 72.8 Å². The topological polar surface area (TPSA) is 9.23 Å². The summed E-state index contributed by atoms with van der Waals surface area (Å²) in [7, 11) is 0. The molecule has 0 spiro atoms. The van der Waals surface area contributed by atoms with Gasteiger partial charge in [0.15, 0.2) is 11.6 Å². The van der Waals surface area contributed by atoms with Gasteiger partial charge in [0.05, 0.1) is 0 Å². The summed E-state index contributed by atoms with van der Waals surface area (Å²) in [6.07, 6.45) is 12.6. The Bertz CT molecular complexity index is 1070. The Labute approximate surface area is 210 Å². The lowest BCUT2D eigenvalue weighted by molar-refractivity contribution is 0.113. The highest BCUT2D eigenvalue weighted by Gasteiger charge is 2.35. The fraction of sp³-hybridized carbons (Fsp3) is 0.455. The average molecular weight is 471 g/mol. The van der Waals surface area contributed by atoms with E-state index >= 15 is 0 Å². The van der Waals surface area contributed by atoms with Crippen LogP contribution in [-0.2, 0) is 6.61 Å². The van der Waals surface area contributed by atoms with E-state index in [1.54, 1.807) is 12.1 Å². The molecule has 1 nitrogen and oxygen atoms in total. The second-order valence-electron chi connectivity index (χ2n) is 10.9. The van der Waals surface area contributed by atoms with E-state index in [9.17, 15) is 4.39 Å². The second kappa shape index (κ2) is 11.4. The third kappa shape index (κ3) is 5.97. The molecule has 3 aromatic carbocycles. The van der Waals surface area contributed by atoms with E-state index in [0.717, 1.165) is 34.4 Å². The van der Waals surface area contributed by atoms with Crippen LogP contribution < -0.4 is 4.74 Å². The third-order valence-electron chi connectivity index (χ3n) is 8.57. The average Bonchev–Trinajstić information content (AvgIpc) is 2.91. The zero-order valence-corrected chi connectivity index (χ0v) is 21.1. The lowest BCUT2D eigenvalue weighted by Crippen LogP contribution is -2.30. The molecule has 0 radical (unpaired) electrons. The van der Waals surface area contributed by atoms with Gasteiger partial charge in [-0.15, -0.1) is 0 Å². The highest BCUT2D eigenvalue weighted by molar-refractivity contribution is 5.64. The SMILES string of the molecule is CCCCC1CC[C@@H]2C[C@H](c3ccc(-c4ccc(OCc5ccccc5)c(F)c4)cc3)CC[C@@H]2C1. The van der Waals surface area contributed by atoms with Crippen molar-refractivity contribution in [1.29, 1.82) is 0 Å². The molecule has 0 aromatic heterocycles. The number of unbranched alkanes of at least 4 members (excludes halogenated alkanes) is 1. The largest absolute Gasteiger partial charge is 0.486 e. The standard InChI is InChI=1S/C33H39FO/c1-2-3-7-24-10-11-30-21-29(17-16-28(30)20-24)26-12-14-27(15-13-26)31-18-19-33(32(34)22-31)35-23-25-8-5-4-6-9-25/h4-6,8-9,12-15,18-19,22,24,28-30H,2-3,7,10-11,16-17,20-21,23H2,1H3/t24?,28-,29-,30-/m1/s1. The van der Waals surface area contributed by atoms with Crippen molar-refractivity contribution in [3.63, 3.8) is 0 Å². The minimum atomic E-state index is -0.310. The Morgan fingerprint density at radius 3 is 2.31 bits per heavy atom. The van der Waals surface area contributed by atoms with Crippen molar-refractivity contribution in [3.8, 4) is 16.9 Å². The van der Waals surface area contributed by atoms with Crippen molar-refractivity contribution in [3.05, 3.63) is 89.7 Å². The van der Waals surface area contributed by atoms with Gasteiger partial charge >= 0.3 is 0 Å². The molecule has 35 heavy (non-hydrogen) atoms. The van der Waals surface area contributed by atoms with Gasteiger partial charge in [-0.05, 0) is 90.2 Å². The summed E-state index contributed by atoms with van der Waals surface area (Å²) in [5.41, 5.74) is 4.45. The number of hydrogen-bond acceptors (Lipinski definition) is 1. The molecule has 1 unspecified atom stereocenters. The number of ether oxygens (including phenoxy) is 1. The summed E-state index contributed by atoms with van der Waals surface area (Å²) in [6, 6.07) is 24.1. The van der Waals surface area contributed by atoms with Crippen LogP contribution in [0.1, 0.15) is 81.8 Å². The van der Waals surface area contributed by atoms with Gasteiger partial charge in [0.2, 0.25) is 0 Å². The van der Waals surface area contributed by atoms with Gasteiger partial charge in [-0.1, -0.05) is 93.3 Å². The monoisotopic (exact) mass is 470 g/mol. The Morgan fingerprint density at radius 1 is 0.800 bits per heavy atom. The molecule has 0 amide bonds. The molecule has 184 valence electrons. The van der Waals surface area contributed by atoms with Crippen molar-refractivity contribution in [2.24, 2.45) is 17.8 Å². The molecular weight excluding hydrogens is 431 g/mol. The first-order chi connectivity index (χ1) is 17.2. The van der Waals surface area contributed by atoms with Crippen LogP contribution in [0.3, 0.4) is 0 Å². The minimum Gasteiger partial charge on any atom is -0.486 e. The molecule has 0 saturated heterocycles. The predicted octanol–water partition coefficient (Wildman–Crippen LogP) is 9.56. The Kier molecular flexibility index (Phi) is 7.86. The first kappa shape index (κ1) is 24.1. The Balaban J connectivity index is 1.18. The van der Waals surface area contributed by atoms with E-state index in [0.29, 0.717) is 18.3 Å². The molecule has 2 aliphatic carbocycles. The molecule has 4 atom stereocenters. The van der Waals surface area contributed by atoms with Gasteiger partial charge in [0, 0.05) is 0 Å². The van der Waals surface area contributed by atoms with E-state index < -0.39 is 0 Å². The van der Waals surface area contributed by atoms with Gasteiger partial charge in [0.1, 0.15) is 6.61 Å². The fourth-order valence-electron chi connectivity index (χ4n) is 6.52. The number of benzene rings is 3. The summed E-state index contributed by atoms with van der Waals surface area (Å²) in [6.45, 7) is 2.68. The summed E-state index contributed by atoms with van der Waals surface area (Å²) < 4.78 is 20.4. The molecular formula is C33H39FO. The quantitative estimate of drug-likeness (QED) is 0.318. The Morgan fingerprint density at radius 2 is 1.54 bits per heavy atom. The van der Waals surface area contributed by atoms with Crippen molar-refractivity contribution >= 4 is 0 Å². The van der Waals surface area contributed by atoms with E-state index in [4.69, 9.17) is 4.74 Å². The van der Waals surface area contributed by atoms with Crippen LogP contribution in [0.25, 0.3) is 11.1 Å². The van der Waals surface area contributed by atoms with Crippen LogP contribution in [0, 0.1) is 23.6 Å². The predicted molar refractivity (Wildman–Crippen MR) is 143 cm³/mol. The van der Waals surface area contributed by atoms with Gasteiger partial charge in [-0.2, -0.15) is 0 Å². The fourth-order valence-corrected chi connectivity index (χ4v) is 6.52. The number of hydrogen-bond donors (Lipinski definition) is 0. The van der Waals surface area contributed by atoms with Crippen LogP contribution >= 0.6 is 0 Å². The Hall–Kier alpha value is -2.61. The molecule has 3 aromatic rings. The highest BCUT2D eigenvalue weighted by Crippen LogP contribution is 2.48. The van der Waals surface area contributed by atoms with Gasteiger partial charge < -0.3 is 4.74 Å². The summed E-state index contributed by atoms with van der Waals surface area (Å²) in [5.74, 6) is 3.55. The number of halogens is 1. The summed E-state index contributed by atoms with van der Waals surface area (Å²) in [4.78, 5) is 0. The lowest BCUT2D eigenvalue weighted by atomic mass is 9.63. The van der Waals surface area contributed by atoms with E-state index in [-0.39, 0.29) is 5.82 Å². The van der Waals surface area contributed by atoms with Crippen molar-refractivity contribution in [2.75, 3.05) is 0 Å². The molecule has 5 rings (SSSR count). The van der Waals surface area contributed by atoms with Crippen LogP contribution in [0.2, 0.25) is 0 Å². The van der Waals surface area contributed by atoms with E-state index in [2.05, 4.69) is 31.2 Å². The van der Waals surface area contributed by atoms with Gasteiger partial charge in [0.25, 0.3) is 0 Å². The molecule has 0 bridgehead atoms. The molecule has 2 aliphatic rings. The van der Waals surface area contributed by atoms with Crippen LogP contribution in [-0.4, -0.2) is 0 Å². The van der Waals surface area contributed by atoms with E-state index in [1.165, 1.54) is 63.4 Å². The summed E-state index contributed by atoms with van der Waals surface area (Å²) >= 11 is 0. The maximum atomic E-state index is 14.7. The molecule has 2 fully saturated rings. The van der Waals surface area contributed by atoms with Gasteiger partial charge in [-0.25, -0.2) is 4.39 Å². The zero-order chi connectivity index (χ0) is 24.0. The van der Waals surface area contributed by atoms with Crippen LogP contribution in [0.5, 0.6) is 5.75 Å². The van der Waals surface area contributed by atoms with E-state index in [1.807, 2.05) is 36.4 Å². The second-order valence-corrected chi connectivity index (χ2v) is 10.9. The molecule has 0 N–H and O–H groups in total. The first-order valence-corrected chi connectivity index (χ1v) is 13.8. The van der Waals surface area contributed by atoms with Crippen LogP contribution in [0.4, 0.5) is 4.39 Å². The minimum absolute atomic E-state index is 0.301. The molecule has 2 saturated carbocycles. The first-order valence-electron chi connectivity index (χ1n) is 13.8. The van der Waals surface area contributed by atoms with Crippen molar-refractivity contribution in [1.82, 2.24) is 0 Å². The summed E-state index contributed by atoms with van der Waals surface area (Å²) in [5, 5.41) is 0. The molecule has 0 aliphatic heterocycles. The number of rotatable bonds is 8. The highest BCUT2D eigenvalue weighted by atomic mass is 19.1. The zero-order valence-electron chi connectivity index (χ0n) is 21.1. The van der Waals surface area contributed by atoms with Crippen molar-refractivity contribution < 1.29 is 9.13 Å². The van der Waals surface area contributed by atoms with Crippen molar-refractivity contribution in [2.45, 2.75) is 77.2 Å². The molecule has 2 heteroatoms. The maximum Gasteiger partial charge on any atom is 0.165 e. The third-order valence-corrected chi connectivity index (χ3v) is 8.57. The lowest BCUT2D eigenvalue weighted by Gasteiger charge is -2.42. The van der Waals surface area contributed by atoms with Gasteiger partial charge in [-0.3, -0.25) is 0 Å². The normalized spacial score (nSPS) is 24.1.